The van der Waals surface area contributed by atoms with Gasteiger partial charge in [-0.2, -0.15) is 5.26 Å². The second-order valence-corrected chi connectivity index (χ2v) is 5.63. The number of carboxylic acids is 1. The van der Waals surface area contributed by atoms with Gasteiger partial charge in [-0.15, -0.1) is 0 Å². The van der Waals surface area contributed by atoms with Crippen LogP contribution >= 0.6 is 0 Å². The normalized spacial score (nSPS) is 10.7. The van der Waals surface area contributed by atoms with Gasteiger partial charge in [0.15, 0.2) is 11.5 Å². The quantitative estimate of drug-likeness (QED) is 0.661. The Morgan fingerprint density at radius 2 is 2.12 bits per heavy atom. The van der Waals surface area contributed by atoms with Crippen LogP contribution in [0, 0.1) is 25.2 Å². The average Bonchev–Trinajstić information content (AvgIpc) is 2.92. The lowest BCUT2D eigenvalue weighted by atomic mass is 10.1. The molecule has 0 fully saturated rings. The maximum Gasteiger partial charge on any atom is 0.372 e. The SMILES string of the molecule is COc1ccc(C)c(-n2c(C(=O)O)nc(C#N)c2/N=C/N(C)C)c1C. The number of aromatic carboxylic acids is 1. The van der Waals surface area contributed by atoms with Gasteiger partial charge < -0.3 is 14.7 Å². The number of carboxylic acid groups (broad SMARTS) is 1. The van der Waals surface area contributed by atoms with E-state index in [9.17, 15) is 15.2 Å². The van der Waals surface area contributed by atoms with Crippen molar-refractivity contribution in [1.29, 1.82) is 5.26 Å². The van der Waals surface area contributed by atoms with E-state index in [1.807, 2.05) is 26.0 Å². The number of hydrogen-bond donors (Lipinski definition) is 1. The molecule has 8 nitrogen and oxygen atoms in total. The van der Waals surface area contributed by atoms with Gasteiger partial charge in [-0.1, -0.05) is 6.07 Å². The Kier molecular flexibility index (Phi) is 5.08. The summed E-state index contributed by atoms with van der Waals surface area (Å²) in [5.41, 5.74) is 2.06. The van der Waals surface area contributed by atoms with E-state index in [0.29, 0.717) is 11.4 Å². The number of methoxy groups -OCH3 is 1. The summed E-state index contributed by atoms with van der Waals surface area (Å²) in [7, 11) is 5.09. The van der Waals surface area contributed by atoms with Crippen LogP contribution in [0.2, 0.25) is 0 Å². The van der Waals surface area contributed by atoms with Crippen molar-refractivity contribution in [3.8, 4) is 17.5 Å². The highest BCUT2D eigenvalue weighted by Crippen LogP contribution is 2.33. The van der Waals surface area contributed by atoms with Crippen LogP contribution in [0.5, 0.6) is 5.75 Å². The molecule has 0 radical (unpaired) electrons. The first kappa shape index (κ1) is 18.0. The number of ether oxygens (including phenoxy) is 1. The standard InChI is InChI=1S/C17H19N5O3/c1-10-6-7-13(25-5)11(2)14(10)22-15(19-9-21(3)4)12(8-18)20-16(22)17(23)24/h6-7,9H,1-5H3,(H,23,24)/b19-9+. The van der Waals surface area contributed by atoms with Crippen LogP contribution in [-0.4, -0.2) is 53.1 Å². The van der Waals surface area contributed by atoms with Crippen molar-refractivity contribution in [3.63, 3.8) is 0 Å². The predicted octanol–water partition coefficient (Wildman–Crippen LogP) is 2.29. The zero-order chi connectivity index (χ0) is 18.7. The Labute approximate surface area is 145 Å². The lowest BCUT2D eigenvalue weighted by molar-refractivity contribution is 0.0681. The molecule has 1 N–H and O–H groups in total. The number of nitriles is 1. The topological polar surface area (TPSA) is 104 Å². The van der Waals surface area contributed by atoms with E-state index >= 15 is 0 Å². The molecule has 0 amide bonds. The summed E-state index contributed by atoms with van der Waals surface area (Å²) in [5.74, 6) is -0.758. The van der Waals surface area contributed by atoms with Gasteiger partial charge in [0.1, 0.15) is 11.8 Å². The molecule has 0 aliphatic heterocycles. The average molecular weight is 341 g/mol. The van der Waals surface area contributed by atoms with E-state index in [4.69, 9.17) is 4.74 Å². The Balaban J connectivity index is 2.91. The molecule has 130 valence electrons. The summed E-state index contributed by atoms with van der Waals surface area (Å²) in [6.45, 7) is 3.66. The second kappa shape index (κ2) is 7.05. The van der Waals surface area contributed by atoms with Crippen LogP contribution in [0.25, 0.3) is 5.69 Å². The molecule has 1 heterocycles. The first-order valence-corrected chi connectivity index (χ1v) is 7.43. The van der Waals surface area contributed by atoms with Crippen LogP contribution < -0.4 is 4.74 Å². The molecule has 0 aliphatic carbocycles. The molecule has 0 saturated carbocycles. The number of carbonyl (C=O) groups is 1. The first-order valence-electron chi connectivity index (χ1n) is 7.43. The van der Waals surface area contributed by atoms with Gasteiger partial charge in [-0.3, -0.25) is 4.57 Å². The third-order valence-corrected chi connectivity index (χ3v) is 3.59. The Hall–Kier alpha value is -3.34. The lowest BCUT2D eigenvalue weighted by Crippen LogP contribution is -2.12. The summed E-state index contributed by atoms with van der Waals surface area (Å²) in [4.78, 5) is 21.6. The van der Waals surface area contributed by atoms with Crippen LogP contribution in [0.15, 0.2) is 17.1 Å². The summed E-state index contributed by atoms with van der Waals surface area (Å²) in [5, 5.41) is 18.9. The molecule has 25 heavy (non-hydrogen) atoms. The molecular formula is C17H19N5O3. The third kappa shape index (κ3) is 3.30. The number of nitrogens with zero attached hydrogens (tertiary/aromatic N) is 5. The minimum absolute atomic E-state index is 0.0582. The highest BCUT2D eigenvalue weighted by molar-refractivity contribution is 5.87. The third-order valence-electron chi connectivity index (χ3n) is 3.59. The van der Waals surface area contributed by atoms with Crippen molar-refractivity contribution < 1.29 is 14.6 Å². The molecule has 0 unspecified atom stereocenters. The van der Waals surface area contributed by atoms with E-state index in [2.05, 4.69) is 9.98 Å². The van der Waals surface area contributed by atoms with Crippen molar-refractivity contribution in [3.05, 3.63) is 34.8 Å². The molecule has 1 aromatic carbocycles. The Morgan fingerprint density at radius 3 is 2.64 bits per heavy atom. The molecule has 0 saturated heterocycles. The number of aromatic nitrogens is 2. The second-order valence-electron chi connectivity index (χ2n) is 5.63. The van der Waals surface area contributed by atoms with E-state index in [0.717, 1.165) is 11.1 Å². The largest absolute Gasteiger partial charge is 0.496 e. The van der Waals surface area contributed by atoms with Crippen LogP contribution in [0.4, 0.5) is 5.82 Å². The molecule has 0 bridgehead atoms. The van der Waals surface area contributed by atoms with Gasteiger partial charge in [0.2, 0.25) is 5.82 Å². The highest BCUT2D eigenvalue weighted by atomic mass is 16.5. The molecule has 0 atom stereocenters. The first-order chi connectivity index (χ1) is 11.8. The van der Waals surface area contributed by atoms with Gasteiger partial charge >= 0.3 is 5.97 Å². The number of aliphatic imine (C=N–C) groups is 1. The molecule has 0 spiro atoms. The number of benzene rings is 1. The molecule has 8 heteroatoms. The fourth-order valence-corrected chi connectivity index (χ4v) is 2.51. The summed E-state index contributed by atoms with van der Waals surface area (Å²) < 4.78 is 6.72. The van der Waals surface area contributed by atoms with Gasteiger partial charge in [-0.25, -0.2) is 14.8 Å². The van der Waals surface area contributed by atoms with Crippen molar-refractivity contribution in [2.45, 2.75) is 13.8 Å². The smallest absolute Gasteiger partial charge is 0.372 e. The summed E-state index contributed by atoms with van der Waals surface area (Å²) in [6.07, 6.45) is 1.49. The van der Waals surface area contributed by atoms with Crippen molar-refractivity contribution >= 4 is 18.1 Å². The Bertz CT molecular complexity index is 891. The molecular weight excluding hydrogens is 322 g/mol. The zero-order valence-corrected chi connectivity index (χ0v) is 14.7. The molecule has 2 aromatic rings. The highest BCUT2D eigenvalue weighted by Gasteiger charge is 2.25. The van der Waals surface area contributed by atoms with Crippen LogP contribution in [-0.2, 0) is 0 Å². The van der Waals surface area contributed by atoms with Gasteiger partial charge in [0.05, 0.1) is 19.1 Å². The summed E-state index contributed by atoms with van der Waals surface area (Å²) in [6, 6.07) is 5.54. The van der Waals surface area contributed by atoms with E-state index < -0.39 is 5.97 Å². The zero-order valence-electron chi connectivity index (χ0n) is 14.7. The van der Waals surface area contributed by atoms with Gasteiger partial charge in [0, 0.05) is 19.7 Å². The maximum atomic E-state index is 11.7. The lowest BCUT2D eigenvalue weighted by Gasteiger charge is -2.16. The minimum Gasteiger partial charge on any atom is -0.496 e. The van der Waals surface area contributed by atoms with Gasteiger partial charge in [0.25, 0.3) is 0 Å². The van der Waals surface area contributed by atoms with Crippen molar-refractivity contribution in [2.24, 2.45) is 4.99 Å². The fraction of sp³-hybridized carbons (Fsp3) is 0.294. The van der Waals surface area contributed by atoms with Crippen LogP contribution in [0.3, 0.4) is 0 Å². The minimum atomic E-state index is -1.25. The molecule has 0 aliphatic rings. The predicted molar refractivity (Wildman–Crippen MR) is 93.1 cm³/mol. The Morgan fingerprint density at radius 1 is 1.44 bits per heavy atom. The number of aryl methyl sites for hydroxylation is 1. The fourth-order valence-electron chi connectivity index (χ4n) is 2.51. The molecule has 1 aromatic heterocycles. The van der Waals surface area contributed by atoms with Gasteiger partial charge in [-0.05, 0) is 25.5 Å². The number of imidazole rings is 1. The van der Waals surface area contributed by atoms with Crippen molar-refractivity contribution in [1.82, 2.24) is 14.5 Å². The van der Waals surface area contributed by atoms with Crippen molar-refractivity contribution in [2.75, 3.05) is 21.2 Å². The number of hydrogen-bond acceptors (Lipinski definition) is 5. The monoisotopic (exact) mass is 341 g/mol. The maximum absolute atomic E-state index is 11.7. The number of rotatable bonds is 5. The summed E-state index contributed by atoms with van der Waals surface area (Å²) >= 11 is 0. The van der Waals surface area contributed by atoms with E-state index in [1.165, 1.54) is 10.9 Å². The van der Waals surface area contributed by atoms with E-state index in [-0.39, 0.29) is 17.3 Å². The molecule has 2 rings (SSSR count). The van der Waals surface area contributed by atoms with E-state index in [1.54, 1.807) is 32.2 Å². The van der Waals surface area contributed by atoms with Crippen LogP contribution in [0.1, 0.15) is 27.4 Å².